The monoisotopic (exact) mass is 665 g/mol. The van der Waals surface area contributed by atoms with Crippen molar-refractivity contribution in [2.75, 3.05) is 13.1 Å². The highest BCUT2D eigenvalue weighted by Gasteiger charge is 2.44. The van der Waals surface area contributed by atoms with E-state index in [9.17, 15) is 13.2 Å². The van der Waals surface area contributed by atoms with Gasteiger partial charge in [-0.3, -0.25) is 0 Å². The van der Waals surface area contributed by atoms with E-state index in [1.807, 2.05) is 66.9 Å². The van der Waals surface area contributed by atoms with E-state index in [4.69, 9.17) is 38.0 Å². The second kappa shape index (κ2) is 11.3. The predicted molar refractivity (Wildman–Crippen MR) is 176 cm³/mol. The van der Waals surface area contributed by atoms with Crippen LogP contribution in [-0.2, 0) is 22.5 Å². The molecule has 45 heavy (non-hydrogen) atoms. The first-order chi connectivity index (χ1) is 21.5. The first-order valence-electron chi connectivity index (χ1n) is 14.5. The lowest BCUT2D eigenvalue weighted by Gasteiger charge is -2.34. The molecule has 2 aliphatic rings. The maximum Gasteiger partial charge on any atom is 0.416 e. The summed E-state index contributed by atoms with van der Waals surface area (Å²) >= 11 is 12.8. The topological polar surface area (TPSA) is 47.6 Å². The van der Waals surface area contributed by atoms with E-state index in [2.05, 4.69) is 4.67 Å². The summed E-state index contributed by atoms with van der Waals surface area (Å²) in [5, 5.41) is 6.50. The SMILES string of the molecule is Cc1cc(-c2nn(-c3ccccc3)c3c2P(=S)(N2CCCC2)OC(c2ccc(Cl)cc2)=N3)c(C)n1-c1cccc(C(F)(F)F)c1. The molecule has 1 atom stereocenters. The van der Waals surface area contributed by atoms with Crippen LogP contribution < -0.4 is 5.30 Å². The third-order valence-electron chi connectivity index (χ3n) is 8.20. The molecule has 0 amide bonds. The summed E-state index contributed by atoms with van der Waals surface area (Å²) in [7, 11) is 0. The molecule has 1 unspecified atom stereocenters. The van der Waals surface area contributed by atoms with Gasteiger partial charge in [-0.15, -0.1) is 0 Å². The number of rotatable bonds is 5. The van der Waals surface area contributed by atoms with Crippen molar-refractivity contribution in [2.24, 2.45) is 4.99 Å². The summed E-state index contributed by atoms with van der Waals surface area (Å²) in [5.74, 6) is 0.999. The number of aliphatic imine (C=N–C) groups is 1. The fourth-order valence-electron chi connectivity index (χ4n) is 6.07. The van der Waals surface area contributed by atoms with Gasteiger partial charge in [0, 0.05) is 46.3 Å². The average Bonchev–Trinajstić information content (AvgIpc) is 3.76. The van der Waals surface area contributed by atoms with Gasteiger partial charge >= 0.3 is 6.18 Å². The molecule has 0 radical (unpaired) electrons. The number of fused-ring (bicyclic) bond motifs is 1. The Balaban J connectivity index is 1.49. The zero-order chi connectivity index (χ0) is 31.5. The minimum absolute atomic E-state index is 0.410. The summed E-state index contributed by atoms with van der Waals surface area (Å²) in [6, 6.07) is 24.3. The number of nitrogens with zero attached hydrogens (tertiary/aromatic N) is 5. The number of aromatic nitrogens is 3. The van der Waals surface area contributed by atoms with Crippen LogP contribution in [-0.4, -0.2) is 38.0 Å². The van der Waals surface area contributed by atoms with Crippen LogP contribution in [0.1, 0.15) is 35.4 Å². The molecular formula is C33H28ClF3N5OPS. The molecule has 3 aromatic carbocycles. The molecule has 0 saturated carbocycles. The molecule has 7 rings (SSSR count). The van der Waals surface area contributed by atoms with E-state index in [1.165, 1.54) is 12.1 Å². The summed E-state index contributed by atoms with van der Waals surface area (Å²) in [6.07, 6.45) is -5.42. The molecule has 2 aromatic heterocycles. The van der Waals surface area contributed by atoms with Gasteiger partial charge in [0.2, 0.25) is 12.3 Å². The smallest absolute Gasteiger partial charge is 0.416 e. The number of aryl methyl sites for hydroxylation is 1. The molecule has 2 aliphatic heterocycles. The van der Waals surface area contributed by atoms with Crippen LogP contribution in [0.15, 0.2) is 89.9 Å². The molecule has 5 aromatic rings. The number of alkyl halides is 3. The van der Waals surface area contributed by atoms with Crippen LogP contribution in [0.4, 0.5) is 19.0 Å². The van der Waals surface area contributed by atoms with Crippen molar-refractivity contribution >= 4 is 46.8 Å². The molecule has 0 bridgehead atoms. The maximum atomic E-state index is 13.6. The molecule has 0 spiro atoms. The van der Waals surface area contributed by atoms with Gasteiger partial charge in [-0.05, 0) is 99.2 Å². The third-order valence-corrected chi connectivity index (χ3v) is 12.5. The Labute approximate surface area is 268 Å². The van der Waals surface area contributed by atoms with Crippen LogP contribution in [0.5, 0.6) is 0 Å². The fourth-order valence-corrected chi connectivity index (χ4v) is 9.91. The Morgan fingerprint density at radius 2 is 1.58 bits per heavy atom. The summed E-state index contributed by atoms with van der Waals surface area (Å²) in [5.41, 5.74) is 4.15. The van der Waals surface area contributed by atoms with Crippen LogP contribution in [0.3, 0.4) is 0 Å². The molecule has 230 valence electrons. The number of benzene rings is 3. The van der Waals surface area contributed by atoms with E-state index in [-0.39, 0.29) is 0 Å². The van der Waals surface area contributed by atoms with Crippen LogP contribution in [0, 0.1) is 13.8 Å². The largest absolute Gasteiger partial charge is 0.431 e. The highest BCUT2D eigenvalue weighted by atomic mass is 35.5. The quantitative estimate of drug-likeness (QED) is 0.176. The summed E-state index contributed by atoms with van der Waals surface area (Å²) in [4.78, 5) is 5.04. The first kappa shape index (κ1) is 30.0. The van der Waals surface area contributed by atoms with E-state index in [0.717, 1.165) is 65.5 Å². The van der Waals surface area contributed by atoms with Crippen molar-refractivity contribution in [3.63, 3.8) is 0 Å². The highest BCUT2D eigenvalue weighted by Crippen LogP contribution is 2.59. The maximum absolute atomic E-state index is 13.6. The standard InChI is InChI=1S/C33H28ClF3N5OPS/c1-21-19-28(22(2)41(21)27-12-8-9-24(20-27)33(35,36)37)29-30-31(42(39-29)26-10-4-3-5-11-26)38-32(23-13-15-25(34)16-14-23)43-44(30,45)40-17-6-7-18-40/h3-5,8-16,19-20H,6-7,17-18H2,1-2H3. The molecule has 6 nitrogen and oxygen atoms in total. The molecule has 12 heteroatoms. The number of hydrogen-bond donors (Lipinski definition) is 0. The van der Waals surface area contributed by atoms with E-state index in [0.29, 0.717) is 28.1 Å². The average molecular weight is 666 g/mol. The van der Waals surface area contributed by atoms with Gasteiger partial charge in [0.05, 0.1) is 11.3 Å². The van der Waals surface area contributed by atoms with Crippen molar-refractivity contribution in [3.8, 4) is 22.6 Å². The summed E-state index contributed by atoms with van der Waals surface area (Å²) < 4.78 is 53.6. The fraction of sp³-hybridized carbons (Fsp3) is 0.212. The van der Waals surface area contributed by atoms with Gasteiger partial charge < -0.3 is 9.09 Å². The first-order valence-corrected chi connectivity index (χ1v) is 17.6. The molecular weight excluding hydrogens is 638 g/mol. The molecule has 0 N–H and O–H groups in total. The van der Waals surface area contributed by atoms with Crippen molar-refractivity contribution in [3.05, 3.63) is 112 Å². The lowest BCUT2D eigenvalue weighted by Crippen LogP contribution is -2.30. The van der Waals surface area contributed by atoms with Crippen molar-refractivity contribution in [1.82, 2.24) is 19.0 Å². The minimum atomic E-state index is -4.46. The van der Waals surface area contributed by atoms with Gasteiger partial charge in [0.15, 0.2) is 5.82 Å². The van der Waals surface area contributed by atoms with Crippen LogP contribution in [0.2, 0.25) is 5.02 Å². The Bertz CT molecular complexity index is 2000. The Kier molecular flexibility index (Phi) is 7.52. The van der Waals surface area contributed by atoms with E-state index < -0.39 is 18.2 Å². The second-order valence-electron chi connectivity index (χ2n) is 11.1. The predicted octanol–water partition coefficient (Wildman–Crippen LogP) is 8.76. The highest BCUT2D eigenvalue weighted by molar-refractivity contribution is 8.15. The third kappa shape index (κ3) is 5.23. The lowest BCUT2D eigenvalue weighted by atomic mass is 10.1. The number of hydrogen-bond acceptors (Lipinski definition) is 4. The zero-order valence-corrected chi connectivity index (χ0v) is 26.9. The molecule has 4 heterocycles. The number of halogens is 4. The van der Waals surface area contributed by atoms with Gasteiger partial charge in [-0.1, -0.05) is 35.9 Å². The van der Waals surface area contributed by atoms with E-state index >= 15 is 0 Å². The van der Waals surface area contributed by atoms with Crippen LogP contribution >= 0.6 is 18.0 Å². The molecule has 1 saturated heterocycles. The van der Waals surface area contributed by atoms with Crippen molar-refractivity contribution in [1.29, 1.82) is 0 Å². The molecule has 1 fully saturated rings. The van der Waals surface area contributed by atoms with Gasteiger partial charge in [-0.2, -0.15) is 23.3 Å². The minimum Gasteiger partial charge on any atom is -0.431 e. The van der Waals surface area contributed by atoms with Gasteiger partial charge in [0.1, 0.15) is 11.0 Å². The van der Waals surface area contributed by atoms with Gasteiger partial charge in [-0.25, -0.2) is 9.35 Å². The Hall–Kier alpha value is -3.69. The Morgan fingerprint density at radius 1 is 0.889 bits per heavy atom. The molecule has 0 aliphatic carbocycles. The number of para-hydroxylation sites is 1. The zero-order valence-electron chi connectivity index (χ0n) is 24.4. The van der Waals surface area contributed by atoms with Crippen molar-refractivity contribution < 1.29 is 17.7 Å². The van der Waals surface area contributed by atoms with Crippen molar-refractivity contribution in [2.45, 2.75) is 32.9 Å². The van der Waals surface area contributed by atoms with Gasteiger partial charge in [0.25, 0.3) is 0 Å². The normalized spacial score (nSPS) is 18.5. The second-order valence-corrected chi connectivity index (χ2v) is 15.3. The van der Waals surface area contributed by atoms with Crippen LogP contribution in [0.25, 0.3) is 22.6 Å². The lowest BCUT2D eigenvalue weighted by molar-refractivity contribution is -0.137. The summed E-state index contributed by atoms with van der Waals surface area (Å²) in [6.45, 7) is 5.33. The Morgan fingerprint density at radius 3 is 2.27 bits per heavy atom. The van der Waals surface area contributed by atoms with E-state index in [1.54, 1.807) is 22.9 Å².